The van der Waals surface area contributed by atoms with Gasteiger partial charge in [0.25, 0.3) is 17.5 Å². The fourth-order valence-electron chi connectivity index (χ4n) is 5.11. The van der Waals surface area contributed by atoms with Gasteiger partial charge in [-0.05, 0) is 48.1 Å². The molecule has 2 fully saturated rings. The quantitative estimate of drug-likeness (QED) is 0.188. The summed E-state index contributed by atoms with van der Waals surface area (Å²) in [6, 6.07) is 9.35. The summed E-state index contributed by atoms with van der Waals surface area (Å²) < 4.78 is 16.8. The maximum Gasteiger partial charge on any atom is 0.269 e. The predicted molar refractivity (Wildman–Crippen MR) is 124 cm³/mol. The van der Waals surface area contributed by atoms with E-state index in [0.717, 1.165) is 17.0 Å². The molecule has 1 saturated heterocycles. The summed E-state index contributed by atoms with van der Waals surface area (Å²) in [7, 11) is 2.96. The van der Waals surface area contributed by atoms with Crippen molar-refractivity contribution in [3.63, 3.8) is 0 Å². The van der Waals surface area contributed by atoms with Gasteiger partial charge in [0.05, 0.1) is 37.2 Å². The molecule has 2 bridgehead atoms. The highest BCUT2D eigenvalue weighted by Gasteiger charge is 2.59. The van der Waals surface area contributed by atoms with Crippen LogP contribution in [-0.4, -0.2) is 42.2 Å². The number of carbonyl (C=O) groups is 2. The molecule has 180 valence electrons. The van der Waals surface area contributed by atoms with Gasteiger partial charge in [0, 0.05) is 17.7 Å². The van der Waals surface area contributed by atoms with E-state index >= 15 is 0 Å². The van der Waals surface area contributed by atoms with E-state index in [2.05, 4.69) is 5.10 Å². The van der Waals surface area contributed by atoms with Gasteiger partial charge in [0.15, 0.2) is 11.5 Å². The van der Waals surface area contributed by atoms with Crippen LogP contribution >= 0.6 is 0 Å². The molecule has 2 amide bonds. The number of carbonyl (C=O) groups excluding carboxylic acids is 2. The zero-order chi connectivity index (χ0) is 24.7. The van der Waals surface area contributed by atoms with Gasteiger partial charge in [0.2, 0.25) is 5.75 Å². The van der Waals surface area contributed by atoms with Gasteiger partial charge in [-0.1, -0.05) is 12.2 Å². The standard InChI is InChI=1S/C25H23N3O7/c1-33-19-9-15(12-26-27-24(29)21-16-5-6-17(11-16)22(21)25(27)30)10-20(34-2)23(19)35-13-14-3-7-18(8-4-14)28(31)32/h3-10,12,16-17,21-22H,11,13H2,1-2H3. The van der Waals surface area contributed by atoms with Gasteiger partial charge in [-0.25, -0.2) is 0 Å². The Morgan fingerprint density at radius 3 is 2.11 bits per heavy atom. The Labute approximate surface area is 200 Å². The first-order valence-corrected chi connectivity index (χ1v) is 11.1. The van der Waals surface area contributed by atoms with Gasteiger partial charge in [-0.3, -0.25) is 19.7 Å². The van der Waals surface area contributed by atoms with E-state index < -0.39 is 4.92 Å². The lowest BCUT2D eigenvalue weighted by molar-refractivity contribution is -0.384. The molecule has 4 unspecified atom stereocenters. The predicted octanol–water partition coefficient (Wildman–Crippen LogP) is 3.33. The Morgan fingerprint density at radius 2 is 1.60 bits per heavy atom. The first kappa shape index (κ1) is 22.6. The smallest absolute Gasteiger partial charge is 0.269 e. The van der Waals surface area contributed by atoms with Crippen molar-refractivity contribution >= 4 is 23.7 Å². The van der Waals surface area contributed by atoms with Crippen LogP contribution in [0.4, 0.5) is 5.69 Å². The summed E-state index contributed by atoms with van der Waals surface area (Å²) in [6.45, 7) is 0.133. The Bertz CT molecular complexity index is 1200. The van der Waals surface area contributed by atoms with Crippen molar-refractivity contribution in [3.8, 4) is 17.2 Å². The molecule has 0 spiro atoms. The topological polar surface area (TPSA) is 121 Å². The van der Waals surface area contributed by atoms with Crippen LogP contribution in [0.5, 0.6) is 17.2 Å². The van der Waals surface area contributed by atoms with Gasteiger partial charge in [-0.2, -0.15) is 10.1 Å². The SMILES string of the molecule is COc1cc(C=NN2C(=O)C3C4C=CC(C4)C3C2=O)cc(OC)c1OCc1ccc([N+](=O)[O-])cc1. The van der Waals surface area contributed by atoms with Crippen molar-refractivity contribution in [1.82, 2.24) is 5.01 Å². The zero-order valence-corrected chi connectivity index (χ0v) is 19.1. The van der Waals surface area contributed by atoms with E-state index in [0.29, 0.717) is 22.8 Å². The molecule has 4 atom stereocenters. The number of allylic oxidation sites excluding steroid dienone is 2. The maximum atomic E-state index is 12.8. The number of fused-ring (bicyclic) bond motifs is 5. The van der Waals surface area contributed by atoms with Crippen molar-refractivity contribution in [2.75, 3.05) is 14.2 Å². The largest absolute Gasteiger partial charge is 0.493 e. The zero-order valence-electron chi connectivity index (χ0n) is 19.1. The second kappa shape index (κ2) is 8.86. The van der Waals surface area contributed by atoms with Crippen molar-refractivity contribution in [2.45, 2.75) is 13.0 Å². The second-order valence-corrected chi connectivity index (χ2v) is 8.70. The summed E-state index contributed by atoms with van der Waals surface area (Å²) in [5.41, 5.74) is 1.28. The molecule has 2 aliphatic carbocycles. The van der Waals surface area contributed by atoms with E-state index in [4.69, 9.17) is 14.2 Å². The van der Waals surface area contributed by atoms with Crippen LogP contribution in [0.15, 0.2) is 53.7 Å². The molecule has 2 aromatic carbocycles. The van der Waals surface area contributed by atoms with Gasteiger partial charge in [-0.15, -0.1) is 0 Å². The number of amides is 2. The molecule has 1 heterocycles. The fourth-order valence-corrected chi connectivity index (χ4v) is 5.11. The third-order valence-electron chi connectivity index (χ3n) is 6.78. The highest BCUT2D eigenvalue weighted by atomic mass is 16.6. The molecule has 0 N–H and O–H groups in total. The van der Waals surface area contributed by atoms with Crippen LogP contribution in [0, 0.1) is 33.8 Å². The molecular formula is C25H23N3O7. The van der Waals surface area contributed by atoms with Gasteiger partial charge >= 0.3 is 0 Å². The van der Waals surface area contributed by atoms with Crippen molar-refractivity contribution in [1.29, 1.82) is 0 Å². The minimum Gasteiger partial charge on any atom is -0.493 e. The highest BCUT2D eigenvalue weighted by molar-refractivity contribution is 6.06. The summed E-state index contributed by atoms with van der Waals surface area (Å²) in [4.78, 5) is 36.0. The number of ether oxygens (including phenoxy) is 3. The number of benzene rings is 2. The molecule has 10 heteroatoms. The Kier molecular flexibility index (Phi) is 5.72. The molecule has 1 aliphatic heterocycles. The van der Waals surface area contributed by atoms with E-state index in [1.54, 1.807) is 24.3 Å². The molecule has 1 saturated carbocycles. The van der Waals surface area contributed by atoms with Crippen LogP contribution < -0.4 is 14.2 Å². The number of methoxy groups -OCH3 is 2. The van der Waals surface area contributed by atoms with Gasteiger partial charge < -0.3 is 14.2 Å². The number of non-ortho nitro benzene ring substituents is 1. The van der Waals surface area contributed by atoms with Crippen LogP contribution in [0.1, 0.15) is 17.5 Å². The number of hydrogen-bond donors (Lipinski definition) is 0. The van der Waals surface area contributed by atoms with Crippen molar-refractivity contribution in [3.05, 3.63) is 69.8 Å². The van der Waals surface area contributed by atoms with E-state index in [9.17, 15) is 19.7 Å². The Balaban J connectivity index is 1.33. The van der Waals surface area contributed by atoms with Crippen molar-refractivity contribution < 1.29 is 28.7 Å². The number of hydrazone groups is 1. The summed E-state index contributed by atoms with van der Waals surface area (Å²) in [5, 5.41) is 16.0. The average Bonchev–Trinajstić information content (AvgIpc) is 3.55. The van der Waals surface area contributed by atoms with Crippen LogP contribution in [0.25, 0.3) is 0 Å². The molecule has 0 aromatic heterocycles. The molecule has 2 aromatic rings. The number of imide groups is 1. The number of nitrogens with zero attached hydrogens (tertiary/aromatic N) is 3. The summed E-state index contributed by atoms with van der Waals surface area (Å²) in [6.07, 6.45) is 6.36. The van der Waals surface area contributed by atoms with E-state index in [-0.39, 0.29) is 47.8 Å². The van der Waals surface area contributed by atoms with Crippen molar-refractivity contribution in [2.24, 2.45) is 28.8 Å². The fraction of sp³-hybridized carbons (Fsp3) is 0.320. The maximum absolute atomic E-state index is 12.8. The van der Waals surface area contributed by atoms with E-state index in [1.807, 2.05) is 12.2 Å². The molecule has 5 rings (SSSR count). The first-order valence-electron chi connectivity index (χ1n) is 11.1. The minimum absolute atomic E-state index is 0.00457. The normalized spacial score (nSPS) is 24.3. The molecule has 10 nitrogen and oxygen atoms in total. The molecular weight excluding hydrogens is 454 g/mol. The van der Waals surface area contributed by atoms with Crippen LogP contribution in [0.2, 0.25) is 0 Å². The Morgan fingerprint density at radius 1 is 1.03 bits per heavy atom. The lowest BCUT2D eigenvalue weighted by Gasteiger charge is -2.16. The molecule has 0 radical (unpaired) electrons. The number of nitro benzene ring substituents is 1. The monoisotopic (exact) mass is 477 g/mol. The average molecular weight is 477 g/mol. The third-order valence-corrected chi connectivity index (χ3v) is 6.78. The summed E-state index contributed by atoms with van der Waals surface area (Å²) >= 11 is 0. The minimum atomic E-state index is -0.465. The number of hydrogen-bond acceptors (Lipinski definition) is 8. The lowest BCUT2D eigenvalue weighted by Crippen LogP contribution is -2.28. The number of rotatable bonds is 8. The van der Waals surface area contributed by atoms with Crippen LogP contribution in [-0.2, 0) is 16.2 Å². The van der Waals surface area contributed by atoms with Gasteiger partial charge in [0.1, 0.15) is 6.61 Å². The Hall–Kier alpha value is -4.21. The second-order valence-electron chi connectivity index (χ2n) is 8.70. The lowest BCUT2D eigenvalue weighted by atomic mass is 9.85. The number of nitro groups is 1. The molecule has 35 heavy (non-hydrogen) atoms. The first-order chi connectivity index (χ1) is 16.9. The van der Waals surface area contributed by atoms with Crippen LogP contribution in [0.3, 0.4) is 0 Å². The molecule has 3 aliphatic rings. The summed E-state index contributed by atoms with van der Waals surface area (Å²) in [5.74, 6) is 0.184. The third kappa shape index (κ3) is 3.90. The highest BCUT2D eigenvalue weighted by Crippen LogP contribution is 2.52. The van der Waals surface area contributed by atoms with E-state index in [1.165, 1.54) is 32.6 Å².